The minimum atomic E-state index is -0.319. The van der Waals surface area contributed by atoms with E-state index in [9.17, 15) is 4.79 Å². The highest BCUT2D eigenvalue weighted by Gasteiger charge is 2.16. The summed E-state index contributed by atoms with van der Waals surface area (Å²) in [5, 5.41) is 12.0. The van der Waals surface area contributed by atoms with E-state index in [-0.39, 0.29) is 23.9 Å². The fourth-order valence-corrected chi connectivity index (χ4v) is 1.32. The van der Waals surface area contributed by atoms with E-state index in [0.29, 0.717) is 13.0 Å². The lowest BCUT2D eigenvalue weighted by Crippen LogP contribution is -2.26. The van der Waals surface area contributed by atoms with Crippen LogP contribution in [0.2, 0.25) is 0 Å². The summed E-state index contributed by atoms with van der Waals surface area (Å²) in [4.78, 5) is 11.5. The smallest absolute Gasteiger partial charge is 0.325 e. The van der Waals surface area contributed by atoms with Crippen LogP contribution in [-0.4, -0.2) is 36.9 Å². The number of aromatic hydroxyl groups is 1. The number of ether oxygens (including phenoxy) is 2. The maximum atomic E-state index is 11.5. The van der Waals surface area contributed by atoms with E-state index < -0.39 is 0 Å². The number of esters is 1. The molecule has 1 aromatic rings. The number of hydrogen-bond donors (Lipinski definition) is 2. The number of benzene rings is 1. The predicted octanol–water partition coefficient (Wildman–Crippen LogP) is 2.16. The van der Waals surface area contributed by atoms with Crippen LogP contribution in [0.4, 0.5) is 5.69 Å². The highest BCUT2D eigenvalue weighted by molar-refractivity contribution is 5.75. The van der Waals surface area contributed by atoms with Crippen LogP contribution >= 0.6 is 0 Å². The zero-order valence-corrected chi connectivity index (χ0v) is 11.6. The summed E-state index contributed by atoms with van der Waals surface area (Å²) in [6.45, 7) is 4.31. The molecule has 0 saturated carbocycles. The van der Waals surface area contributed by atoms with E-state index >= 15 is 0 Å². The van der Waals surface area contributed by atoms with Gasteiger partial charge in [0.25, 0.3) is 0 Å². The van der Waals surface area contributed by atoms with Crippen LogP contribution in [0.5, 0.6) is 5.75 Å². The number of carbonyl (C=O) groups is 1. The van der Waals surface area contributed by atoms with Crippen molar-refractivity contribution in [2.75, 3.05) is 25.6 Å². The van der Waals surface area contributed by atoms with Crippen molar-refractivity contribution in [3.63, 3.8) is 0 Å². The minimum Gasteiger partial charge on any atom is -0.508 e. The van der Waals surface area contributed by atoms with Crippen molar-refractivity contribution in [1.29, 1.82) is 0 Å². The Balaban J connectivity index is 2.23. The van der Waals surface area contributed by atoms with E-state index in [0.717, 1.165) is 5.69 Å². The topological polar surface area (TPSA) is 67.8 Å². The first-order valence-corrected chi connectivity index (χ1v) is 6.16. The highest BCUT2D eigenvalue weighted by atomic mass is 16.5. The molecule has 0 spiro atoms. The Morgan fingerprint density at radius 1 is 1.32 bits per heavy atom. The van der Waals surface area contributed by atoms with Gasteiger partial charge in [0, 0.05) is 19.2 Å². The quantitative estimate of drug-likeness (QED) is 0.585. The van der Waals surface area contributed by atoms with Gasteiger partial charge in [-0.15, -0.1) is 0 Å². The molecule has 0 aliphatic rings. The summed E-state index contributed by atoms with van der Waals surface area (Å²) < 4.78 is 10.3. The molecule has 0 amide bonds. The second-order valence-corrected chi connectivity index (χ2v) is 4.83. The molecule has 19 heavy (non-hydrogen) atoms. The van der Waals surface area contributed by atoms with Gasteiger partial charge < -0.3 is 19.9 Å². The highest BCUT2D eigenvalue weighted by Crippen LogP contribution is 2.14. The van der Waals surface area contributed by atoms with Crippen molar-refractivity contribution < 1.29 is 19.4 Å². The lowest BCUT2D eigenvalue weighted by Gasteiger charge is -2.22. The first-order chi connectivity index (χ1) is 8.93. The molecule has 0 heterocycles. The number of nitrogens with one attached hydrogen (secondary N) is 1. The maximum absolute atomic E-state index is 11.5. The Morgan fingerprint density at radius 2 is 1.95 bits per heavy atom. The lowest BCUT2D eigenvalue weighted by molar-refractivity contribution is -0.143. The monoisotopic (exact) mass is 267 g/mol. The standard InChI is InChI=1S/C14H21NO4/c1-14(2,18-3)8-9-19-13(17)10-15-11-4-6-12(16)7-5-11/h4-7,15-16H,8-10H2,1-3H3. The number of rotatable bonds is 7. The Labute approximate surface area is 113 Å². The fourth-order valence-electron chi connectivity index (χ4n) is 1.32. The van der Waals surface area contributed by atoms with Crippen molar-refractivity contribution in [3.8, 4) is 5.75 Å². The third kappa shape index (κ3) is 6.10. The summed E-state index contributed by atoms with van der Waals surface area (Å²) in [5.74, 6) is -0.130. The van der Waals surface area contributed by atoms with Crippen LogP contribution in [0.15, 0.2) is 24.3 Å². The second-order valence-electron chi connectivity index (χ2n) is 4.83. The third-order valence-corrected chi connectivity index (χ3v) is 2.82. The normalized spacial score (nSPS) is 11.1. The largest absolute Gasteiger partial charge is 0.508 e. The molecular weight excluding hydrogens is 246 g/mol. The van der Waals surface area contributed by atoms with Crippen LogP contribution in [-0.2, 0) is 14.3 Å². The first kappa shape index (κ1) is 15.3. The lowest BCUT2D eigenvalue weighted by atomic mass is 10.1. The van der Waals surface area contributed by atoms with Gasteiger partial charge in [0.05, 0.1) is 12.2 Å². The van der Waals surface area contributed by atoms with Gasteiger partial charge in [-0.3, -0.25) is 4.79 Å². The van der Waals surface area contributed by atoms with Gasteiger partial charge in [-0.05, 0) is 38.1 Å². The number of phenols is 1. The van der Waals surface area contributed by atoms with Crippen molar-refractivity contribution in [2.24, 2.45) is 0 Å². The maximum Gasteiger partial charge on any atom is 0.325 e. The molecule has 0 fully saturated rings. The summed E-state index contributed by atoms with van der Waals surface area (Å²) in [7, 11) is 1.63. The van der Waals surface area contributed by atoms with Crippen LogP contribution in [0.1, 0.15) is 20.3 Å². The molecule has 0 aliphatic heterocycles. The van der Waals surface area contributed by atoms with Gasteiger partial charge in [0.15, 0.2) is 0 Å². The van der Waals surface area contributed by atoms with Gasteiger partial charge in [-0.1, -0.05) is 0 Å². The van der Waals surface area contributed by atoms with E-state index in [4.69, 9.17) is 14.6 Å². The zero-order chi connectivity index (χ0) is 14.3. The molecule has 0 atom stereocenters. The molecule has 0 aliphatic carbocycles. The molecule has 0 unspecified atom stereocenters. The number of hydrogen-bond acceptors (Lipinski definition) is 5. The summed E-state index contributed by atoms with van der Waals surface area (Å²) >= 11 is 0. The van der Waals surface area contributed by atoms with Crippen LogP contribution in [0.3, 0.4) is 0 Å². The number of phenolic OH excluding ortho intramolecular Hbond substituents is 1. The molecule has 0 saturated heterocycles. The van der Waals surface area contributed by atoms with Gasteiger partial charge in [0.2, 0.25) is 0 Å². The second kappa shape index (κ2) is 6.99. The molecule has 1 aromatic carbocycles. The van der Waals surface area contributed by atoms with Gasteiger partial charge in [-0.2, -0.15) is 0 Å². The van der Waals surface area contributed by atoms with Gasteiger partial charge in [-0.25, -0.2) is 0 Å². The third-order valence-electron chi connectivity index (χ3n) is 2.82. The molecule has 1 rings (SSSR count). The van der Waals surface area contributed by atoms with Crippen molar-refractivity contribution in [1.82, 2.24) is 0 Å². The summed E-state index contributed by atoms with van der Waals surface area (Å²) in [6.07, 6.45) is 0.647. The van der Waals surface area contributed by atoms with Gasteiger partial charge in [0.1, 0.15) is 12.3 Å². The van der Waals surface area contributed by atoms with Crippen LogP contribution in [0, 0.1) is 0 Å². The Bertz CT molecular complexity index is 400. The minimum absolute atomic E-state index is 0.0954. The Hall–Kier alpha value is -1.75. The van der Waals surface area contributed by atoms with E-state index in [1.165, 1.54) is 0 Å². The molecule has 5 nitrogen and oxygen atoms in total. The van der Waals surface area contributed by atoms with Crippen LogP contribution < -0.4 is 5.32 Å². The molecule has 5 heteroatoms. The molecule has 106 valence electrons. The molecular formula is C14H21NO4. The predicted molar refractivity (Wildman–Crippen MR) is 73.3 cm³/mol. The van der Waals surface area contributed by atoms with E-state index in [2.05, 4.69) is 5.32 Å². The number of carbonyl (C=O) groups excluding carboxylic acids is 1. The summed E-state index contributed by atoms with van der Waals surface area (Å²) in [6, 6.07) is 6.48. The fraction of sp³-hybridized carbons (Fsp3) is 0.500. The number of methoxy groups -OCH3 is 1. The number of anilines is 1. The molecule has 0 bridgehead atoms. The average molecular weight is 267 g/mol. The van der Waals surface area contributed by atoms with Crippen molar-refractivity contribution in [2.45, 2.75) is 25.9 Å². The van der Waals surface area contributed by atoms with E-state index in [1.54, 1.807) is 31.4 Å². The summed E-state index contributed by atoms with van der Waals surface area (Å²) in [5.41, 5.74) is 0.469. The molecule has 0 radical (unpaired) electrons. The van der Waals surface area contributed by atoms with Crippen LogP contribution in [0.25, 0.3) is 0 Å². The van der Waals surface area contributed by atoms with E-state index in [1.807, 2.05) is 13.8 Å². The first-order valence-electron chi connectivity index (χ1n) is 6.16. The Kier molecular flexibility index (Phi) is 5.63. The molecule has 2 N–H and O–H groups in total. The zero-order valence-electron chi connectivity index (χ0n) is 11.6. The van der Waals surface area contributed by atoms with Crippen molar-refractivity contribution in [3.05, 3.63) is 24.3 Å². The Morgan fingerprint density at radius 3 is 2.53 bits per heavy atom. The average Bonchev–Trinajstić information content (AvgIpc) is 2.38. The van der Waals surface area contributed by atoms with Gasteiger partial charge >= 0.3 is 5.97 Å². The SMILES string of the molecule is COC(C)(C)CCOC(=O)CNc1ccc(O)cc1. The van der Waals surface area contributed by atoms with Crippen molar-refractivity contribution >= 4 is 11.7 Å². The molecule has 0 aromatic heterocycles.